The number of para-hydroxylation sites is 1. The van der Waals surface area contributed by atoms with Crippen molar-refractivity contribution in [3.63, 3.8) is 0 Å². The maximum Gasteiger partial charge on any atom is 0.134 e. The van der Waals surface area contributed by atoms with E-state index in [1.54, 1.807) is 0 Å². The van der Waals surface area contributed by atoms with Gasteiger partial charge in [0.25, 0.3) is 0 Å². The average molecular weight is 265 g/mol. The zero-order valence-corrected chi connectivity index (χ0v) is 11.7. The Kier molecular flexibility index (Phi) is 3.57. The molecule has 1 heterocycles. The van der Waals surface area contributed by atoms with Crippen LogP contribution in [-0.4, -0.2) is 0 Å². The van der Waals surface area contributed by atoms with Crippen molar-refractivity contribution in [1.82, 2.24) is 0 Å². The smallest absolute Gasteiger partial charge is 0.134 e. The van der Waals surface area contributed by atoms with Crippen LogP contribution in [-0.2, 0) is 6.42 Å². The summed E-state index contributed by atoms with van der Waals surface area (Å²) in [5, 5.41) is 1.12. The van der Waals surface area contributed by atoms with Gasteiger partial charge in [-0.3, -0.25) is 0 Å². The van der Waals surface area contributed by atoms with Crippen LogP contribution in [0.15, 0.2) is 59.0 Å². The second-order valence-electron chi connectivity index (χ2n) is 5.32. The van der Waals surface area contributed by atoms with Gasteiger partial charge in [-0.1, -0.05) is 48.0 Å². The predicted molar refractivity (Wildman–Crippen MR) is 82.6 cm³/mol. The van der Waals surface area contributed by atoms with Crippen molar-refractivity contribution in [2.24, 2.45) is 5.73 Å². The molecule has 3 aromatic rings. The first-order valence-electron chi connectivity index (χ1n) is 7.02. The third kappa shape index (κ3) is 2.75. The molecular weight excluding hydrogens is 246 g/mol. The molecule has 0 fully saturated rings. The molecule has 0 aliphatic heterocycles. The standard InChI is InChI=1S/C18H19NO/c1-13-5-4-6-14(11-13)9-10-16(19)18-12-15-7-2-3-8-17(15)20-18/h2-8,11-12,16H,9-10,19H2,1H3. The maximum absolute atomic E-state index is 6.25. The number of rotatable bonds is 4. The Morgan fingerprint density at radius 1 is 1.05 bits per heavy atom. The molecule has 0 aliphatic carbocycles. The van der Waals surface area contributed by atoms with Crippen molar-refractivity contribution in [2.45, 2.75) is 25.8 Å². The molecule has 0 radical (unpaired) electrons. The topological polar surface area (TPSA) is 39.2 Å². The minimum atomic E-state index is -0.0529. The first kappa shape index (κ1) is 12.9. The highest BCUT2D eigenvalue weighted by molar-refractivity contribution is 5.77. The Morgan fingerprint density at radius 2 is 1.90 bits per heavy atom. The molecule has 0 bridgehead atoms. The highest BCUT2D eigenvalue weighted by atomic mass is 16.3. The summed E-state index contributed by atoms with van der Waals surface area (Å²) in [4.78, 5) is 0. The summed E-state index contributed by atoms with van der Waals surface area (Å²) < 4.78 is 5.82. The lowest BCUT2D eigenvalue weighted by molar-refractivity contribution is 0.478. The number of aryl methyl sites for hydroxylation is 2. The quantitative estimate of drug-likeness (QED) is 0.760. The summed E-state index contributed by atoms with van der Waals surface area (Å²) in [6.07, 6.45) is 1.86. The molecule has 0 saturated heterocycles. The number of hydrogen-bond acceptors (Lipinski definition) is 2. The lowest BCUT2D eigenvalue weighted by Gasteiger charge is -2.08. The van der Waals surface area contributed by atoms with Crippen LogP contribution in [0.1, 0.15) is 29.3 Å². The van der Waals surface area contributed by atoms with Gasteiger partial charge in [-0.15, -0.1) is 0 Å². The van der Waals surface area contributed by atoms with Gasteiger partial charge in [0.15, 0.2) is 0 Å². The molecular formula is C18H19NO. The Balaban J connectivity index is 1.71. The van der Waals surface area contributed by atoms with Crippen LogP contribution in [0, 0.1) is 6.92 Å². The molecule has 102 valence electrons. The van der Waals surface area contributed by atoms with Gasteiger partial charge in [-0.2, -0.15) is 0 Å². The van der Waals surface area contributed by atoms with E-state index in [4.69, 9.17) is 10.2 Å². The van der Waals surface area contributed by atoms with Gasteiger partial charge >= 0.3 is 0 Å². The molecule has 0 saturated carbocycles. The van der Waals surface area contributed by atoms with Gasteiger partial charge in [0.2, 0.25) is 0 Å². The summed E-state index contributed by atoms with van der Waals surface area (Å²) in [5.41, 5.74) is 9.78. The van der Waals surface area contributed by atoms with Crippen LogP contribution in [0.2, 0.25) is 0 Å². The minimum absolute atomic E-state index is 0.0529. The largest absolute Gasteiger partial charge is 0.459 e. The third-order valence-electron chi connectivity index (χ3n) is 3.64. The fourth-order valence-electron chi connectivity index (χ4n) is 2.52. The summed E-state index contributed by atoms with van der Waals surface area (Å²) in [6, 6.07) is 18.6. The van der Waals surface area contributed by atoms with Crippen molar-refractivity contribution in [2.75, 3.05) is 0 Å². The van der Waals surface area contributed by atoms with Gasteiger partial charge in [0.1, 0.15) is 11.3 Å². The molecule has 2 heteroatoms. The molecule has 2 aromatic carbocycles. The zero-order chi connectivity index (χ0) is 13.9. The molecule has 1 atom stereocenters. The summed E-state index contributed by atoms with van der Waals surface area (Å²) in [7, 11) is 0. The van der Waals surface area contributed by atoms with Crippen molar-refractivity contribution >= 4 is 11.0 Å². The van der Waals surface area contributed by atoms with E-state index in [0.29, 0.717) is 0 Å². The van der Waals surface area contributed by atoms with Crippen molar-refractivity contribution in [3.8, 4) is 0 Å². The van der Waals surface area contributed by atoms with Gasteiger partial charge in [-0.25, -0.2) is 0 Å². The van der Waals surface area contributed by atoms with E-state index in [1.807, 2.05) is 18.2 Å². The second kappa shape index (κ2) is 5.51. The summed E-state index contributed by atoms with van der Waals surface area (Å²) >= 11 is 0. The van der Waals surface area contributed by atoms with Gasteiger partial charge in [0, 0.05) is 5.39 Å². The molecule has 1 unspecified atom stereocenters. The van der Waals surface area contributed by atoms with Crippen LogP contribution < -0.4 is 5.73 Å². The first-order chi connectivity index (χ1) is 9.72. The van der Waals surface area contributed by atoms with E-state index >= 15 is 0 Å². The lowest BCUT2D eigenvalue weighted by atomic mass is 10.0. The first-order valence-corrected chi connectivity index (χ1v) is 7.02. The number of nitrogens with two attached hydrogens (primary N) is 1. The van der Waals surface area contributed by atoms with E-state index in [2.05, 4.69) is 43.3 Å². The molecule has 2 nitrogen and oxygen atoms in total. The van der Waals surface area contributed by atoms with Crippen LogP contribution >= 0.6 is 0 Å². The monoisotopic (exact) mass is 265 g/mol. The Bertz CT molecular complexity index is 681. The van der Waals surface area contributed by atoms with Crippen molar-refractivity contribution in [1.29, 1.82) is 0 Å². The van der Waals surface area contributed by atoms with E-state index < -0.39 is 0 Å². The minimum Gasteiger partial charge on any atom is -0.459 e. The third-order valence-corrected chi connectivity index (χ3v) is 3.64. The van der Waals surface area contributed by atoms with Crippen LogP contribution in [0.25, 0.3) is 11.0 Å². The molecule has 3 rings (SSSR count). The Labute approximate surface area is 119 Å². The number of benzene rings is 2. The molecule has 0 aliphatic rings. The van der Waals surface area contributed by atoms with Crippen molar-refractivity contribution in [3.05, 3.63) is 71.5 Å². The zero-order valence-electron chi connectivity index (χ0n) is 11.7. The number of hydrogen-bond donors (Lipinski definition) is 1. The molecule has 20 heavy (non-hydrogen) atoms. The van der Waals surface area contributed by atoms with Crippen LogP contribution in [0.5, 0.6) is 0 Å². The fourth-order valence-corrected chi connectivity index (χ4v) is 2.52. The SMILES string of the molecule is Cc1cccc(CCC(N)c2cc3ccccc3o2)c1. The van der Waals surface area contributed by atoms with Gasteiger partial charge < -0.3 is 10.2 Å². The summed E-state index contributed by atoms with van der Waals surface area (Å²) in [5.74, 6) is 0.874. The second-order valence-corrected chi connectivity index (χ2v) is 5.32. The molecule has 1 aromatic heterocycles. The fraction of sp³-hybridized carbons (Fsp3) is 0.222. The molecule has 0 amide bonds. The van der Waals surface area contributed by atoms with Crippen molar-refractivity contribution < 1.29 is 4.42 Å². The predicted octanol–water partition coefficient (Wildman–Crippen LogP) is 4.37. The Morgan fingerprint density at radius 3 is 2.70 bits per heavy atom. The molecule has 2 N–H and O–H groups in total. The Hall–Kier alpha value is -2.06. The summed E-state index contributed by atoms with van der Waals surface area (Å²) in [6.45, 7) is 2.11. The lowest BCUT2D eigenvalue weighted by Crippen LogP contribution is -2.10. The molecule has 0 spiro atoms. The van der Waals surface area contributed by atoms with Gasteiger partial charge in [-0.05, 0) is 37.5 Å². The number of fused-ring (bicyclic) bond motifs is 1. The number of furan rings is 1. The van der Waals surface area contributed by atoms with E-state index in [1.165, 1.54) is 11.1 Å². The van der Waals surface area contributed by atoms with E-state index in [0.717, 1.165) is 29.6 Å². The van der Waals surface area contributed by atoms with E-state index in [-0.39, 0.29) is 6.04 Å². The normalized spacial score (nSPS) is 12.7. The van der Waals surface area contributed by atoms with Crippen LogP contribution in [0.3, 0.4) is 0 Å². The average Bonchev–Trinajstić information content (AvgIpc) is 2.89. The van der Waals surface area contributed by atoms with Gasteiger partial charge in [0.05, 0.1) is 6.04 Å². The highest BCUT2D eigenvalue weighted by Gasteiger charge is 2.11. The highest BCUT2D eigenvalue weighted by Crippen LogP contribution is 2.25. The van der Waals surface area contributed by atoms with Crippen LogP contribution in [0.4, 0.5) is 0 Å². The van der Waals surface area contributed by atoms with E-state index in [9.17, 15) is 0 Å². The maximum atomic E-state index is 6.25.